The number of hydrogen-bond donors (Lipinski definition) is 1. The minimum Gasteiger partial charge on any atom is -0.483 e. The van der Waals surface area contributed by atoms with E-state index in [9.17, 15) is 9.59 Å². The molecule has 0 spiro atoms. The van der Waals surface area contributed by atoms with Gasteiger partial charge in [-0.1, -0.05) is 48.5 Å². The summed E-state index contributed by atoms with van der Waals surface area (Å²) in [5, 5.41) is 2.79. The van der Waals surface area contributed by atoms with Crippen molar-refractivity contribution in [3.05, 3.63) is 54.6 Å². The summed E-state index contributed by atoms with van der Waals surface area (Å²) >= 11 is 0. The fraction of sp³-hybridized carbons (Fsp3) is 0.333. The molecule has 0 saturated carbocycles. The Morgan fingerprint density at radius 3 is 2.35 bits per heavy atom. The summed E-state index contributed by atoms with van der Waals surface area (Å²) in [7, 11) is 0. The molecule has 5 heteroatoms. The van der Waals surface area contributed by atoms with Crippen LogP contribution in [0.1, 0.15) is 20.8 Å². The van der Waals surface area contributed by atoms with E-state index in [1.54, 1.807) is 0 Å². The summed E-state index contributed by atoms with van der Waals surface area (Å²) in [5.74, 6) is 0.267. The Labute approximate surface area is 155 Å². The molecule has 1 N–H and O–H groups in total. The first-order chi connectivity index (χ1) is 12.5. The van der Waals surface area contributed by atoms with Crippen LogP contribution in [0, 0.1) is 0 Å². The fourth-order valence-corrected chi connectivity index (χ4v) is 2.60. The van der Waals surface area contributed by atoms with Crippen LogP contribution >= 0.6 is 0 Å². The lowest BCUT2D eigenvalue weighted by atomic mass is 10.1. The Morgan fingerprint density at radius 2 is 1.69 bits per heavy atom. The molecular weight excluding hydrogens is 328 g/mol. The standard InChI is InChI=1S/C21H26N2O3/c1-4-23(14-20(24)22-16(2)3)21(25)15-26-19-13-9-8-12-18(19)17-10-6-5-7-11-17/h5-13,16H,4,14-15H2,1-3H3,(H,22,24). The maximum atomic E-state index is 12.4. The molecule has 0 fully saturated rings. The number of nitrogens with zero attached hydrogens (tertiary/aromatic N) is 1. The van der Waals surface area contributed by atoms with Gasteiger partial charge in [-0.25, -0.2) is 0 Å². The molecule has 0 bridgehead atoms. The number of nitrogens with one attached hydrogen (secondary N) is 1. The van der Waals surface area contributed by atoms with Gasteiger partial charge < -0.3 is 15.0 Å². The molecule has 0 saturated heterocycles. The molecular formula is C21H26N2O3. The van der Waals surface area contributed by atoms with Crippen molar-refractivity contribution in [1.29, 1.82) is 0 Å². The second-order valence-electron chi connectivity index (χ2n) is 6.28. The Balaban J connectivity index is 2.02. The van der Waals surface area contributed by atoms with E-state index < -0.39 is 0 Å². The van der Waals surface area contributed by atoms with Crippen molar-refractivity contribution in [1.82, 2.24) is 10.2 Å². The average Bonchev–Trinajstić information content (AvgIpc) is 2.64. The quantitative estimate of drug-likeness (QED) is 0.792. The normalized spacial score (nSPS) is 10.5. The first-order valence-corrected chi connectivity index (χ1v) is 8.85. The van der Waals surface area contributed by atoms with Crippen molar-refractivity contribution in [2.75, 3.05) is 19.7 Å². The highest BCUT2D eigenvalue weighted by Gasteiger charge is 2.17. The summed E-state index contributed by atoms with van der Waals surface area (Å²) < 4.78 is 5.78. The number of carbonyl (C=O) groups excluding carboxylic acids is 2. The molecule has 26 heavy (non-hydrogen) atoms. The van der Waals surface area contributed by atoms with Gasteiger partial charge in [0.25, 0.3) is 5.91 Å². The Kier molecular flexibility index (Phi) is 7.21. The van der Waals surface area contributed by atoms with Crippen molar-refractivity contribution < 1.29 is 14.3 Å². The first kappa shape index (κ1) is 19.5. The molecule has 0 aromatic heterocycles. The van der Waals surface area contributed by atoms with E-state index in [4.69, 9.17) is 4.74 Å². The number of hydrogen-bond acceptors (Lipinski definition) is 3. The van der Waals surface area contributed by atoms with Crippen LogP contribution in [0.25, 0.3) is 11.1 Å². The fourth-order valence-electron chi connectivity index (χ4n) is 2.60. The predicted octanol–water partition coefficient (Wildman–Crippen LogP) is 3.11. The van der Waals surface area contributed by atoms with E-state index in [0.29, 0.717) is 12.3 Å². The third kappa shape index (κ3) is 5.62. The van der Waals surface area contributed by atoms with Crippen LogP contribution in [0.4, 0.5) is 0 Å². The molecule has 2 amide bonds. The van der Waals surface area contributed by atoms with Crippen LogP contribution in [0.15, 0.2) is 54.6 Å². The Morgan fingerprint density at radius 1 is 1.04 bits per heavy atom. The van der Waals surface area contributed by atoms with E-state index in [1.165, 1.54) is 4.90 Å². The van der Waals surface area contributed by atoms with Gasteiger partial charge >= 0.3 is 0 Å². The lowest BCUT2D eigenvalue weighted by Crippen LogP contribution is -2.44. The highest BCUT2D eigenvalue weighted by molar-refractivity contribution is 5.85. The zero-order valence-electron chi connectivity index (χ0n) is 15.6. The third-order valence-corrected chi connectivity index (χ3v) is 3.84. The van der Waals surface area contributed by atoms with Gasteiger partial charge in [0.2, 0.25) is 5.91 Å². The molecule has 5 nitrogen and oxygen atoms in total. The van der Waals surface area contributed by atoms with Crippen molar-refractivity contribution in [3.8, 4) is 16.9 Å². The summed E-state index contributed by atoms with van der Waals surface area (Å²) in [5.41, 5.74) is 1.96. The summed E-state index contributed by atoms with van der Waals surface area (Å²) in [6.07, 6.45) is 0. The predicted molar refractivity (Wildman–Crippen MR) is 103 cm³/mol. The number of ether oxygens (including phenoxy) is 1. The van der Waals surface area contributed by atoms with Crippen LogP contribution in [0.5, 0.6) is 5.75 Å². The molecule has 0 atom stereocenters. The lowest BCUT2D eigenvalue weighted by molar-refractivity contribution is -0.137. The van der Waals surface area contributed by atoms with Gasteiger partial charge in [-0.15, -0.1) is 0 Å². The molecule has 2 aromatic rings. The smallest absolute Gasteiger partial charge is 0.260 e. The van der Waals surface area contributed by atoms with Gasteiger partial charge in [0.05, 0.1) is 6.54 Å². The van der Waals surface area contributed by atoms with Crippen LogP contribution in [0.3, 0.4) is 0 Å². The van der Waals surface area contributed by atoms with Crippen molar-refractivity contribution in [2.45, 2.75) is 26.8 Å². The monoisotopic (exact) mass is 354 g/mol. The molecule has 0 aliphatic carbocycles. The molecule has 2 rings (SSSR count). The summed E-state index contributed by atoms with van der Waals surface area (Å²) in [6, 6.07) is 17.5. The summed E-state index contributed by atoms with van der Waals surface area (Å²) in [6.45, 7) is 6.01. The van der Waals surface area contributed by atoms with Crippen LogP contribution in [0.2, 0.25) is 0 Å². The molecule has 2 aromatic carbocycles. The van der Waals surface area contributed by atoms with E-state index in [-0.39, 0.29) is 31.0 Å². The zero-order chi connectivity index (χ0) is 18.9. The average molecular weight is 354 g/mol. The Bertz CT molecular complexity index is 729. The molecule has 0 heterocycles. The molecule has 138 valence electrons. The largest absolute Gasteiger partial charge is 0.483 e. The minimum absolute atomic E-state index is 0.0389. The molecule has 0 aliphatic heterocycles. The number of likely N-dealkylation sites (N-methyl/N-ethyl adjacent to an activating group) is 1. The second-order valence-corrected chi connectivity index (χ2v) is 6.28. The van der Waals surface area contributed by atoms with E-state index >= 15 is 0 Å². The second kappa shape index (κ2) is 9.61. The van der Waals surface area contributed by atoms with Gasteiger partial charge in [0, 0.05) is 18.2 Å². The first-order valence-electron chi connectivity index (χ1n) is 8.85. The maximum absolute atomic E-state index is 12.4. The van der Waals surface area contributed by atoms with Crippen molar-refractivity contribution >= 4 is 11.8 Å². The van der Waals surface area contributed by atoms with Gasteiger partial charge in [-0.2, -0.15) is 0 Å². The van der Waals surface area contributed by atoms with Crippen LogP contribution < -0.4 is 10.1 Å². The van der Waals surface area contributed by atoms with Crippen LogP contribution in [-0.2, 0) is 9.59 Å². The maximum Gasteiger partial charge on any atom is 0.260 e. The third-order valence-electron chi connectivity index (χ3n) is 3.84. The minimum atomic E-state index is -0.214. The highest BCUT2D eigenvalue weighted by Crippen LogP contribution is 2.29. The van der Waals surface area contributed by atoms with Crippen molar-refractivity contribution in [2.24, 2.45) is 0 Å². The van der Waals surface area contributed by atoms with E-state index in [0.717, 1.165) is 11.1 Å². The zero-order valence-corrected chi connectivity index (χ0v) is 15.6. The number of para-hydroxylation sites is 1. The van der Waals surface area contributed by atoms with Crippen LogP contribution in [-0.4, -0.2) is 42.5 Å². The van der Waals surface area contributed by atoms with Gasteiger partial charge in [-0.3, -0.25) is 9.59 Å². The van der Waals surface area contributed by atoms with E-state index in [1.807, 2.05) is 75.4 Å². The number of benzene rings is 2. The topological polar surface area (TPSA) is 58.6 Å². The Hall–Kier alpha value is -2.82. The molecule has 0 unspecified atom stereocenters. The molecule has 0 aliphatic rings. The number of carbonyl (C=O) groups is 2. The molecule has 0 radical (unpaired) electrons. The number of rotatable bonds is 8. The number of amides is 2. The summed E-state index contributed by atoms with van der Waals surface area (Å²) in [4.78, 5) is 25.8. The van der Waals surface area contributed by atoms with Gasteiger partial charge in [0.1, 0.15) is 5.75 Å². The highest BCUT2D eigenvalue weighted by atomic mass is 16.5. The van der Waals surface area contributed by atoms with Gasteiger partial charge in [0.15, 0.2) is 6.61 Å². The SMILES string of the molecule is CCN(CC(=O)NC(C)C)C(=O)COc1ccccc1-c1ccccc1. The van der Waals surface area contributed by atoms with Crippen molar-refractivity contribution in [3.63, 3.8) is 0 Å². The van der Waals surface area contributed by atoms with E-state index in [2.05, 4.69) is 5.32 Å². The lowest BCUT2D eigenvalue weighted by Gasteiger charge is -2.21. The van der Waals surface area contributed by atoms with Gasteiger partial charge in [-0.05, 0) is 32.4 Å².